The zero-order valence-electron chi connectivity index (χ0n) is 19.7. The normalized spacial score (nSPS) is 17.9. The molecule has 3 amide bonds. The van der Waals surface area contributed by atoms with E-state index in [9.17, 15) is 19.2 Å². The zero-order chi connectivity index (χ0) is 24.7. The molecular formula is C24H30N2O7S. The maximum Gasteiger partial charge on any atom is 0.326 e. The van der Waals surface area contributed by atoms with Crippen molar-refractivity contribution in [2.24, 2.45) is 0 Å². The lowest BCUT2D eigenvalue weighted by molar-refractivity contribution is -0.150. The van der Waals surface area contributed by atoms with Gasteiger partial charge in [0.1, 0.15) is 6.54 Å². The molecule has 1 atom stereocenters. The molecule has 34 heavy (non-hydrogen) atoms. The van der Waals surface area contributed by atoms with E-state index < -0.39 is 23.7 Å². The highest BCUT2D eigenvalue weighted by molar-refractivity contribution is 8.18. The molecule has 1 aromatic carbocycles. The number of nitrogens with zero attached hydrogens (tertiary/aromatic N) is 2. The van der Waals surface area contributed by atoms with E-state index in [0.717, 1.165) is 42.6 Å². The van der Waals surface area contributed by atoms with Gasteiger partial charge in [-0.25, -0.2) is 0 Å². The third-order valence-corrected chi connectivity index (χ3v) is 6.35. The summed E-state index contributed by atoms with van der Waals surface area (Å²) in [6, 6.07) is 5.06. The van der Waals surface area contributed by atoms with Crippen LogP contribution in [0.5, 0.6) is 11.5 Å². The Labute approximate surface area is 203 Å². The SMILES string of the molecule is CCOc1cc(/C=C2\SC(=O)N(CC(=O)O[C@@H](C)CC)C2=O)ccc1OCC(=O)N1CCCC1. The molecule has 2 fully saturated rings. The van der Waals surface area contributed by atoms with Crippen molar-refractivity contribution < 1.29 is 33.4 Å². The fourth-order valence-electron chi connectivity index (χ4n) is 3.46. The van der Waals surface area contributed by atoms with Gasteiger partial charge in [-0.3, -0.25) is 24.1 Å². The van der Waals surface area contributed by atoms with Gasteiger partial charge in [0.2, 0.25) is 0 Å². The van der Waals surface area contributed by atoms with Crippen LogP contribution in [-0.4, -0.2) is 71.8 Å². The quantitative estimate of drug-likeness (QED) is 0.363. The van der Waals surface area contributed by atoms with Gasteiger partial charge in [0.25, 0.3) is 17.1 Å². The minimum absolute atomic E-state index is 0.0652. The Bertz CT molecular complexity index is 972. The summed E-state index contributed by atoms with van der Waals surface area (Å²) in [6.07, 6.45) is 3.93. The Hall–Kier alpha value is -3.01. The summed E-state index contributed by atoms with van der Waals surface area (Å²) >= 11 is 0.763. The van der Waals surface area contributed by atoms with E-state index in [2.05, 4.69) is 0 Å². The van der Waals surface area contributed by atoms with E-state index in [0.29, 0.717) is 30.1 Å². The Kier molecular flexibility index (Phi) is 8.98. The standard InChI is InChI=1S/C24H30N2O7S/c1-4-16(3)33-22(28)14-26-23(29)20(34-24(26)30)13-17-8-9-18(19(12-17)31-5-2)32-15-21(27)25-10-6-7-11-25/h8-9,12-13,16H,4-7,10-11,14-15H2,1-3H3/b20-13-/t16-/m0/s1. The third-order valence-electron chi connectivity index (χ3n) is 5.44. The van der Waals surface area contributed by atoms with Gasteiger partial charge < -0.3 is 19.1 Å². The fourth-order valence-corrected chi connectivity index (χ4v) is 4.30. The molecule has 0 aromatic heterocycles. The van der Waals surface area contributed by atoms with Crippen LogP contribution in [0.3, 0.4) is 0 Å². The highest BCUT2D eigenvalue weighted by Crippen LogP contribution is 2.34. The first-order valence-electron chi connectivity index (χ1n) is 11.4. The molecule has 2 aliphatic heterocycles. The molecule has 2 heterocycles. The van der Waals surface area contributed by atoms with Gasteiger partial charge >= 0.3 is 5.97 Å². The molecule has 2 aliphatic rings. The second kappa shape index (κ2) is 11.9. The van der Waals surface area contributed by atoms with Gasteiger partial charge in [-0.05, 0) is 68.6 Å². The maximum atomic E-state index is 12.7. The number of benzene rings is 1. The molecule has 9 nitrogen and oxygen atoms in total. The van der Waals surface area contributed by atoms with Crippen molar-refractivity contribution in [1.29, 1.82) is 0 Å². The first kappa shape index (κ1) is 25.6. The molecule has 3 rings (SSSR count). The van der Waals surface area contributed by atoms with Gasteiger partial charge in [0, 0.05) is 13.1 Å². The second-order valence-corrected chi connectivity index (χ2v) is 8.99. The van der Waals surface area contributed by atoms with E-state index in [-0.39, 0.29) is 23.5 Å². The van der Waals surface area contributed by atoms with Crippen molar-refractivity contribution in [2.45, 2.75) is 46.1 Å². The first-order chi connectivity index (χ1) is 16.3. The Balaban J connectivity index is 1.68. The van der Waals surface area contributed by atoms with Crippen molar-refractivity contribution in [3.8, 4) is 11.5 Å². The van der Waals surface area contributed by atoms with Crippen LogP contribution in [0.4, 0.5) is 4.79 Å². The van der Waals surface area contributed by atoms with E-state index in [1.807, 2.05) is 13.8 Å². The van der Waals surface area contributed by atoms with Crippen molar-refractivity contribution >= 4 is 40.9 Å². The number of carbonyl (C=O) groups is 4. The molecule has 0 aliphatic carbocycles. The summed E-state index contributed by atoms with van der Waals surface area (Å²) in [5.74, 6) is -0.383. The predicted molar refractivity (Wildman–Crippen MR) is 127 cm³/mol. The number of esters is 1. The van der Waals surface area contributed by atoms with Crippen LogP contribution in [0.2, 0.25) is 0 Å². The molecule has 1 aromatic rings. The third kappa shape index (κ3) is 6.53. The minimum atomic E-state index is -0.624. The monoisotopic (exact) mass is 490 g/mol. The molecule has 0 bridgehead atoms. The second-order valence-electron chi connectivity index (χ2n) is 7.99. The van der Waals surface area contributed by atoms with E-state index in [1.165, 1.54) is 0 Å². The molecule has 0 saturated carbocycles. The van der Waals surface area contributed by atoms with Crippen LogP contribution in [0, 0.1) is 0 Å². The van der Waals surface area contributed by atoms with Crippen LogP contribution in [0.1, 0.15) is 45.6 Å². The summed E-state index contributed by atoms with van der Waals surface area (Å²) in [4.78, 5) is 52.2. The average Bonchev–Trinajstić information content (AvgIpc) is 3.43. The van der Waals surface area contributed by atoms with Crippen LogP contribution >= 0.6 is 11.8 Å². The Morgan fingerprint density at radius 1 is 1.12 bits per heavy atom. The van der Waals surface area contributed by atoms with Crippen LogP contribution in [-0.2, 0) is 19.1 Å². The largest absolute Gasteiger partial charge is 0.490 e. The summed E-state index contributed by atoms with van der Waals surface area (Å²) < 4.78 is 16.5. The van der Waals surface area contributed by atoms with Crippen LogP contribution < -0.4 is 9.47 Å². The van der Waals surface area contributed by atoms with Gasteiger partial charge in [0.05, 0.1) is 17.6 Å². The number of imide groups is 1. The number of hydrogen-bond acceptors (Lipinski definition) is 8. The number of hydrogen-bond donors (Lipinski definition) is 0. The summed E-state index contributed by atoms with van der Waals surface area (Å²) in [5, 5.41) is -0.525. The van der Waals surface area contributed by atoms with Gasteiger partial charge in [-0.2, -0.15) is 0 Å². The number of rotatable bonds is 10. The molecular weight excluding hydrogens is 460 g/mol. The fraction of sp³-hybridized carbons (Fsp3) is 0.500. The zero-order valence-corrected chi connectivity index (χ0v) is 20.5. The van der Waals surface area contributed by atoms with Crippen LogP contribution in [0.25, 0.3) is 6.08 Å². The van der Waals surface area contributed by atoms with Crippen molar-refractivity contribution in [2.75, 3.05) is 32.8 Å². The summed E-state index contributed by atoms with van der Waals surface area (Å²) in [6.45, 7) is 6.84. The van der Waals surface area contributed by atoms with E-state index >= 15 is 0 Å². The lowest BCUT2D eigenvalue weighted by Gasteiger charge is -2.17. The maximum absolute atomic E-state index is 12.7. The highest BCUT2D eigenvalue weighted by atomic mass is 32.2. The summed E-state index contributed by atoms with van der Waals surface area (Å²) in [5.41, 5.74) is 0.620. The van der Waals surface area contributed by atoms with Crippen LogP contribution in [0.15, 0.2) is 23.1 Å². The number of ether oxygens (including phenoxy) is 3. The molecule has 184 valence electrons. The topological polar surface area (TPSA) is 102 Å². The lowest BCUT2D eigenvalue weighted by atomic mass is 10.2. The predicted octanol–water partition coefficient (Wildman–Crippen LogP) is 3.46. The number of likely N-dealkylation sites (tertiary alicyclic amines) is 1. The minimum Gasteiger partial charge on any atom is -0.490 e. The van der Waals surface area contributed by atoms with Gasteiger partial charge in [0.15, 0.2) is 18.1 Å². The summed E-state index contributed by atoms with van der Waals surface area (Å²) in [7, 11) is 0. The molecule has 2 saturated heterocycles. The molecule has 10 heteroatoms. The molecule has 0 N–H and O–H groups in total. The number of thioether (sulfide) groups is 1. The van der Waals surface area contributed by atoms with Gasteiger partial charge in [-0.15, -0.1) is 0 Å². The lowest BCUT2D eigenvalue weighted by Crippen LogP contribution is -2.35. The Morgan fingerprint density at radius 3 is 2.53 bits per heavy atom. The Morgan fingerprint density at radius 2 is 1.85 bits per heavy atom. The first-order valence-corrected chi connectivity index (χ1v) is 12.3. The molecule has 0 unspecified atom stereocenters. The van der Waals surface area contributed by atoms with Crippen molar-refractivity contribution in [1.82, 2.24) is 9.80 Å². The number of carbonyl (C=O) groups excluding carboxylic acids is 4. The highest BCUT2D eigenvalue weighted by Gasteiger charge is 2.37. The molecule has 0 radical (unpaired) electrons. The van der Waals surface area contributed by atoms with Crippen molar-refractivity contribution in [3.63, 3.8) is 0 Å². The van der Waals surface area contributed by atoms with Gasteiger partial charge in [-0.1, -0.05) is 13.0 Å². The number of amides is 3. The molecule has 0 spiro atoms. The van der Waals surface area contributed by atoms with E-state index in [1.54, 1.807) is 36.1 Å². The smallest absolute Gasteiger partial charge is 0.326 e. The average molecular weight is 491 g/mol. The van der Waals surface area contributed by atoms with Crippen molar-refractivity contribution in [3.05, 3.63) is 28.7 Å². The van der Waals surface area contributed by atoms with E-state index in [4.69, 9.17) is 14.2 Å².